The minimum atomic E-state index is -0.101. The molecule has 0 spiro atoms. The fourth-order valence-electron chi connectivity index (χ4n) is 2.96. The van der Waals surface area contributed by atoms with E-state index in [4.69, 9.17) is 0 Å². The molecule has 0 radical (unpaired) electrons. The van der Waals surface area contributed by atoms with E-state index in [0.29, 0.717) is 5.39 Å². The number of para-hydroxylation sites is 1. The van der Waals surface area contributed by atoms with Crippen LogP contribution in [0.1, 0.15) is 0 Å². The minimum absolute atomic E-state index is 0.101. The van der Waals surface area contributed by atoms with E-state index in [0.717, 1.165) is 22.2 Å². The first-order valence-corrected chi connectivity index (χ1v) is 7.73. The number of aromatic nitrogens is 1. The third-order valence-corrected chi connectivity index (χ3v) is 4.12. The van der Waals surface area contributed by atoms with Crippen molar-refractivity contribution in [3.05, 3.63) is 95.4 Å². The number of phenols is 1. The number of rotatable bonds is 2. The normalized spacial score (nSPS) is 10.8. The fourth-order valence-corrected chi connectivity index (χ4v) is 2.96. The molecule has 0 amide bonds. The van der Waals surface area contributed by atoms with Gasteiger partial charge in [-0.2, -0.15) is 0 Å². The van der Waals surface area contributed by atoms with Crippen molar-refractivity contribution in [3.63, 3.8) is 0 Å². The molecule has 0 aliphatic heterocycles. The predicted octanol–water partition coefficient (Wildman–Crippen LogP) is 4.36. The highest BCUT2D eigenvalue weighted by Gasteiger charge is 2.12. The molecule has 116 valence electrons. The van der Waals surface area contributed by atoms with E-state index >= 15 is 0 Å². The molecule has 4 rings (SSSR count). The van der Waals surface area contributed by atoms with Gasteiger partial charge in [0.15, 0.2) is 0 Å². The van der Waals surface area contributed by atoms with Crippen molar-refractivity contribution in [2.45, 2.75) is 0 Å². The topological polar surface area (TPSA) is 42.2 Å². The molecule has 0 fully saturated rings. The molecule has 0 aliphatic carbocycles. The zero-order chi connectivity index (χ0) is 16.5. The summed E-state index contributed by atoms with van der Waals surface area (Å²) in [5.74, 6) is 0.150. The molecular formula is C21H15NO2. The van der Waals surface area contributed by atoms with Crippen LogP contribution in [0.2, 0.25) is 0 Å². The summed E-state index contributed by atoms with van der Waals surface area (Å²) in [6, 6.07) is 24.3. The van der Waals surface area contributed by atoms with Gasteiger partial charge in [0.25, 0.3) is 5.56 Å². The van der Waals surface area contributed by atoms with E-state index in [1.165, 1.54) is 0 Å². The molecule has 0 bridgehead atoms. The molecule has 1 N–H and O–H groups in total. The highest BCUT2D eigenvalue weighted by Crippen LogP contribution is 2.29. The van der Waals surface area contributed by atoms with Crippen molar-refractivity contribution in [1.82, 2.24) is 4.57 Å². The lowest BCUT2D eigenvalue weighted by atomic mass is 10.00. The maximum absolute atomic E-state index is 12.9. The van der Waals surface area contributed by atoms with E-state index in [1.807, 2.05) is 66.9 Å². The summed E-state index contributed by atoms with van der Waals surface area (Å²) < 4.78 is 1.65. The van der Waals surface area contributed by atoms with Gasteiger partial charge in [-0.25, -0.2) is 0 Å². The summed E-state index contributed by atoms with van der Waals surface area (Å²) >= 11 is 0. The van der Waals surface area contributed by atoms with Crippen LogP contribution in [0.4, 0.5) is 0 Å². The standard InChI is InChI=1S/C21H15NO2/c23-17-11-12-18-19(13-17)20(15-7-3-1-4-8-15)14-22(21(18)24)16-9-5-2-6-10-16/h1-14,23H. The lowest BCUT2D eigenvalue weighted by molar-refractivity contribution is 0.476. The molecule has 3 aromatic carbocycles. The maximum atomic E-state index is 12.9. The van der Waals surface area contributed by atoms with Crippen LogP contribution in [0, 0.1) is 0 Å². The van der Waals surface area contributed by atoms with Crippen LogP contribution in [0.5, 0.6) is 5.75 Å². The first kappa shape index (κ1) is 14.3. The second-order valence-corrected chi connectivity index (χ2v) is 5.65. The summed E-state index contributed by atoms with van der Waals surface area (Å²) in [7, 11) is 0. The second kappa shape index (κ2) is 5.70. The van der Waals surface area contributed by atoms with E-state index in [-0.39, 0.29) is 11.3 Å². The van der Waals surface area contributed by atoms with Gasteiger partial charge in [0, 0.05) is 28.2 Å². The van der Waals surface area contributed by atoms with Crippen LogP contribution in [0.15, 0.2) is 89.9 Å². The second-order valence-electron chi connectivity index (χ2n) is 5.65. The van der Waals surface area contributed by atoms with Crippen LogP contribution in [-0.4, -0.2) is 9.67 Å². The van der Waals surface area contributed by atoms with E-state index in [2.05, 4.69) is 0 Å². The third-order valence-electron chi connectivity index (χ3n) is 4.12. The van der Waals surface area contributed by atoms with Crippen LogP contribution in [0.25, 0.3) is 27.6 Å². The van der Waals surface area contributed by atoms with Crippen molar-refractivity contribution in [3.8, 4) is 22.6 Å². The summed E-state index contributed by atoms with van der Waals surface area (Å²) in [6.45, 7) is 0. The zero-order valence-corrected chi connectivity index (χ0v) is 12.9. The number of fused-ring (bicyclic) bond motifs is 1. The molecule has 0 saturated carbocycles. The molecule has 3 nitrogen and oxygen atoms in total. The Morgan fingerprint density at radius 2 is 1.42 bits per heavy atom. The number of aromatic hydroxyl groups is 1. The lowest BCUT2D eigenvalue weighted by Crippen LogP contribution is -2.18. The fraction of sp³-hybridized carbons (Fsp3) is 0. The Balaban J connectivity index is 2.12. The van der Waals surface area contributed by atoms with Gasteiger partial charge in [0.05, 0.1) is 0 Å². The van der Waals surface area contributed by atoms with Crippen LogP contribution >= 0.6 is 0 Å². The van der Waals surface area contributed by atoms with Gasteiger partial charge in [-0.05, 0) is 35.9 Å². The largest absolute Gasteiger partial charge is 0.508 e. The van der Waals surface area contributed by atoms with Crippen molar-refractivity contribution in [2.24, 2.45) is 0 Å². The summed E-state index contributed by atoms with van der Waals surface area (Å²) in [5.41, 5.74) is 2.62. The Bertz CT molecular complexity index is 1070. The Kier molecular flexibility index (Phi) is 3.39. The highest BCUT2D eigenvalue weighted by atomic mass is 16.3. The highest BCUT2D eigenvalue weighted by molar-refractivity contribution is 5.96. The number of hydrogen-bond acceptors (Lipinski definition) is 2. The Morgan fingerprint density at radius 1 is 0.750 bits per heavy atom. The Morgan fingerprint density at radius 3 is 2.12 bits per heavy atom. The Hall–Kier alpha value is -3.33. The van der Waals surface area contributed by atoms with Crippen molar-refractivity contribution in [2.75, 3.05) is 0 Å². The predicted molar refractivity (Wildman–Crippen MR) is 96.6 cm³/mol. The molecule has 0 aliphatic rings. The summed E-state index contributed by atoms with van der Waals surface area (Å²) in [6.07, 6.45) is 1.84. The van der Waals surface area contributed by atoms with Gasteiger partial charge in [-0.1, -0.05) is 48.5 Å². The van der Waals surface area contributed by atoms with E-state index in [1.54, 1.807) is 22.8 Å². The Labute approximate surface area is 139 Å². The van der Waals surface area contributed by atoms with Gasteiger partial charge in [0.1, 0.15) is 5.75 Å². The number of nitrogens with zero attached hydrogens (tertiary/aromatic N) is 1. The average Bonchev–Trinajstić information content (AvgIpc) is 2.63. The number of pyridine rings is 1. The van der Waals surface area contributed by atoms with E-state index < -0.39 is 0 Å². The van der Waals surface area contributed by atoms with Crippen molar-refractivity contribution in [1.29, 1.82) is 0 Å². The number of benzene rings is 3. The van der Waals surface area contributed by atoms with Crippen molar-refractivity contribution >= 4 is 10.8 Å². The zero-order valence-electron chi connectivity index (χ0n) is 12.9. The minimum Gasteiger partial charge on any atom is -0.508 e. The lowest BCUT2D eigenvalue weighted by Gasteiger charge is -2.13. The molecule has 24 heavy (non-hydrogen) atoms. The van der Waals surface area contributed by atoms with Gasteiger partial charge < -0.3 is 5.11 Å². The van der Waals surface area contributed by atoms with Gasteiger partial charge >= 0.3 is 0 Å². The van der Waals surface area contributed by atoms with Gasteiger partial charge in [-0.15, -0.1) is 0 Å². The molecule has 1 heterocycles. The quantitative estimate of drug-likeness (QED) is 0.597. The first-order valence-electron chi connectivity index (χ1n) is 7.73. The smallest absolute Gasteiger partial charge is 0.262 e. The molecule has 4 aromatic rings. The van der Waals surface area contributed by atoms with Gasteiger partial charge in [0.2, 0.25) is 0 Å². The van der Waals surface area contributed by atoms with Crippen LogP contribution in [-0.2, 0) is 0 Å². The molecular weight excluding hydrogens is 298 g/mol. The van der Waals surface area contributed by atoms with Crippen LogP contribution < -0.4 is 5.56 Å². The van der Waals surface area contributed by atoms with Crippen LogP contribution in [0.3, 0.4) is 0 Å². The summed E-state index contributed by atoms with van der Waals surface area (Å²) in [5, 5.41) is 11.2. The maximum Gasteiger partial charge on any atom is 0.262 e. The number of hydrogen-bond donors (Lipinski definition) is 1. The first-order chi connectivity index (χ1) is 11.7. The van der Waals surface area contributed by atoms with Gasteiger partial charge in [-0.3, -0.25) is 9.36 Å². The molecule has 1 aromatic heterocycles. The number of phenolic OH excluding ortho intramolecular Hbond substituents is 1. The van der Waals surface area contributed by atoms with Crippen molar-refractivity contribution < 1.29 is 5.11 Å². The average molecular weight is 313 g/mol. The van der Waals surface area contributed by atoms with E-state index in [9.17, 15) is 9.90 Å². The molecule has 0 unspecified atom stereocenters. The SMILES string of the molecule is O=c1c2ccc(O)cc2c(-c2ccccc2)cn1-c1ccccc1. The third kappa shape index (κ3) is 2.36. The molecule has 0 saturated heterocycles. The summed E-state index contributed by atoms with van der Waals surface area (Å²) in [4.78, 5) is 12.9. The molecule has 3 heteroatoms. The monoisotopic (exact) mass is 313 g/mol. The molecule has 0 atom stereocenters.